The van der Waals surface area contributed by atoms with Gasteiger partial charge in [0.2, 0.25) is 0 Å². The second-order valence-electron chi connectivity index (χ2n) is 5.45. The first-order valence-corrected chi connectivity index (χ1v) is 7.05. The van der Waals surface area contributed by atoms with Crippen LogP contribution in [0.15, 0.2) is 11.1 Å². The monoisotopic (exact) mass is 440 g/mol. The fraction of sp³-hybridized carbons (Fsp3) is 0.647. The first kappa shape index (κ1) is 26.9. The first-order chi connectivity index (χ1) is 8.85. The van der Waals surface area contributed by atoms with Gasteiger partial charge in [0, 0.05) is 65.4 Å². The summed E-state index contributed by atoms with van der Waals surface area (Å²) in [6.07, 6.45) is 9.37. The molecule has 0 saturated heterocycles. The quantitative estimate of drug-likeness (QED) is 0.397. The van der Waals surface area contributed by atoms with E-state index in [2.05, 4.69) is 19.1 Å². The fourth-order valence-electron chi connectivity index (χ4n) is 1.91. The van der Waals surface area contributed by atoms with Crippen LogP contribution >= 0.6 is 0 Å². The molecule has 2 radical (unpaired) electrons. The summed E-state index contributed by atoms with van der Waals surface area (Å²) in [6, 6.07) is 0. The molecular formula is C17H26O2Y2-2. The van der Waals surface area contributed by atoms with Crippen LogP contribution in [0.4, 0.5) is 0 Å². The Balaban J connectivity index is -0.00000162. The van der Waals surface area contributed by atoms with Gasteiger partial charge in [-0.3, -0.25) is 11.1 Å². The van der Waals surface area contributed by atoms with Crippen LogP contribution in [-0.4, -0.2) is 11.6 Å². The van der Waals surface area contributed by atoms with Crippen molar-refractivity contribution in [3.63, 3.8) is 0 Å². The van der Waals surface area contributed by atoms with Crippen molar-refractivity contribution >= 4 is 11.6 Å². The third-order valence-corrected chi connectivity index (χ3v) is 2.92. The maximum Gasteiger partial charge on any atom is 0 e. The second kappa shape index (κ2) is 15.9. The van der Waals surface area contributed by atoms with Gasteiger partial charge >= 0.3 is 0 Å². The van der Waals surface area contributed by atoms with Crippen molar-refractivity contribution in [2.24, 2.45) is 5.92 Å². The Labute approximate surface area is 180 Å². The molecule has 2 nitrogen and oxygen atoms in total. The van der Waals surface area contributed by atoms with E-state index in [-0.39, 0.29) is 77.0 Å². The number of allylic oxidation sites excluding steroid dienone is 4. The third kappa shape index (κ3) is 17.2. The number of hydrogen-bond acceptors (Lipinski definition) is 2. The van der Waals surface area contributed by atoms with Gasteiger partial charge in [-0.2, -0.15) is 0 Å². The van der Waals surface area contributed by atoms with Crippen LogP contribution in [0.3, 0.4) is 0 Å². The Morgan fingerprint density at radius 2 is 1.14 bits per heavy atom. The normalized spacial score (nSPS) is 9.24. The topological polar surface area (TPSA) is 34.1 Å². The second-order valence-corrected chi connectivity index (χ2v) is 5.45. The Hall–Kier alpha value is 1.03. The van der Waals surface area contributed by atoms with Gasteiger partial charge in [-0.1, -0.05) is 41.0 Å². The Morgan fingerprint density at radius 3 is 1.38 bits per heavy atom. The van der Waals surface area contributed by atoms with Crippen molar-refractivity contribution in [2.75, 3.05) is 0 Å². The number of rotatable bonds is 9. The molecule has 0 fully saturated rings. The van der Waals surface area contributed by atoms with E-state index >= 15 is 0 Å². The Morgan fingerprint density at radius 1 is 0.810 bits per heavy atom. The predicted molar refractivity (Wildman–Crippen MR) is 78.5 cm³/mol. The van der Waals surface area contributed by atoms with E-state index < -0.39 is 0 Å². The molecule has 0 atom stereocenters. The summed E-state index contributed by atoms with van der Waals surface area (Å²) in [7, 11) is 0. The van der Waals surface area contributed by atoms with E-state index in [1.807, 2.05) is 27.7 Å². The average molecular weight is 440 g/mol. The third-order valence-electron chi connectivity index (χ3n) is 2.92. The fourth-order valence-corrected chi connectivity index (χ4v) is 1.91. The molecule has 0 aliphatic carbocycles. The van der Waals surface area contributed by atoms with Gasteiger partial charge in [0.1, 0.15) is 0 Å². The summed E-state index contributed by atoms with van der Waals surface area (Å²) >= 11 is 0. The van der Waals surface area contributed by atoms with Gasteiger partial charge in [-0.15, -0.1) is 0 Å². The zero-order valence-corrected chi connectivity index (χ0v) is 19.8. The summed E-state index contributed by atoms with van der Waals surface area (Å²) < 4.78 is 0. The molecule has 0 spiro atoms. The van der Waals surface area contributed by atoms with Crippen molar-refractivity contribution in [3.8, 4) is 0 Å². The summed E-state index contributed by atoms with van der Waals surface area (Å²) in [5.74, 6) is 0.576. The summed E-state index contributed by atoms with van der Waals surface area (Å²) in [4.78, 5) is 23.1. The van der Waals surface area contributed by atoms with E-state index in [1.165, 1.54) is 0 Å². The minimum Gasteiger partial charge on any atom is -0.428 e. The van der Waals surface area contributed by atoms with Gasteiger partial charge in [0.05, 0.1) is 0 Å². The molecule has 0 bridgehead atoms. The van der Waals surface area contributed by atoms with Crippen LogP contribution in [0.5, 0.6) is 0 Å². The first-order valence-electron chi connectivity index (χ1n) is 7.05. The standard InChI is InChI=1S/C17H26O2.2Y/c1-6-15(7-9-16(18)11-13(2)3)8-10-17(19)12-14(4)5;;/h15H,6-10H2,1-5H3;;/q-2;;. The smallest absolute Gasteiger partial charge is 0 e. The molecule has 114 valence electrons. The molecule has 21 heavy (non-hydrogen) atoms. The largest absolute Gasteiger partial charge is 0.428 e. The van der Waals surface area contributed by atoms with E-state index in [0.717, 1.165) is 30.4 Å². The minimum atomic E-state index is 0. The molecule has 0 saturated carbocycles. The molecular weight excluding hydrogens is 414 g/mol. The van der Waals surface area contributed by atoms with Crippen LogP contribution in [0.25, 0.3) is 0 Å². The van der Waals surface area contributed by atoms with Crippen LogP contribution in [0, 0.1) is 18.1 Å². The van der Waals surface area contributed by atoms with Gasteiger partial charge in [0.15, 0.2) is 0 Å². The summed E-state index contributed by atoms with van der Waals surface area (Å²) in [6.45, 7) is 9.62. The Bertz CT molecular complexity index is 329. The number of Topliss-reactive ketones (excluding diaryl/α,β-unsaturated/α-hetero) is 2. The molecule has 0 N–H and O–H groups in total. The van der Waals surface area contributed by atoms with Crippen molar-refractivity contribution in [2.45, 2.75) is 66.7 Å². The Kier molecular flexibility index (Phi) is 20.4. The molecule has 0 heterocycles. The van der Waals surface area contributed by atoms with Crippen LogP contribution in [-0.2, 0) is 75.0 Å². The van der Waals surface area contributed by atoms with Gasteiger partial charge in [-0.25, -0.2) is 0 Å². The molecule has 0 rings (SSSR count). The van der Waals surface area contributed by atoms with Crippen LogP contribution in [0.1, 0.15) is 66.7 Å². The number of ketones is 2. The molecule has 0 aromatic rings. The van der Waals surface area contributed by atoms with E-state index in [4.69, 9.17) is 0 Å². The van der Waals surface area contributed by atoms with Crippen LogP contribution in [0.2, 0.25) is 0 Å². The predicted octanol–water partition coefficient (Wildman–Crippen LogP) is 4.24. The number of carbonyl (C=O) groups excluding carboxylic acids is 2. The molecule has 4 heteroatoms. The SMILES string of the molecule is CCC(CCC(=O)[C-]=C(C)C)CCC(=O)[C-]=C(C)C.[Y].[Y]. The maximum absolute atomic E-state index is 11.5. The number of hydrogen-bond donors (Lipinski definition) is 0. The zero-order chi connectivity index (χ0) is 14.8. The summed E-state index contributed by atoms with van der Waals surface area (Å²) in [5.41, 5.74) is 1.85. The van der Waals surface area contributed by atoms with Crippen molar-refractivity contribution < 1.29 is 75.0 Å². The van der Waals surface area contributed by atoms with Crippen molar-refractivity contribution in [1.82, 2.24) is 0 Å². The molecule has 0 aromatic carbocycles. The van der Waals surface area contributed by atoms with Crippen molar-refractivity contribution in [3.05, 3.63) is 23.3 Å². The molecule has 0 aliphatic heterocycles. The molecule has 0 unspecified atom stereocenters. The molecule has 0 aromatic heterocycles. The number of carbonyl (C=O) groups is 2. The van der Waals surface area contributed by atoms with E-state index in [0.29, 0.717) is 18.8 Å². The van der Waals surface area contributed by atoms with E-state index in [1.54, 1.807) is 0 Å². The van der Waals surface area contributed by atoms with Gasteiger partial charge in [-0.05, 0) is 43.2 Å². The van der Waals surface area contributed by atoms with Gasteiger partial charge < -0.3 is 21.7 Å². The van der Waals surface area contributed by atoms with E-state index in [9.17, 15) is 9.59 Å². The molecule has 0 amide bonds. The van der Waals surface area contributed by atoms with Crippen molar-refractivity contribution in [1.29, 1.82) is 0 Å². The average Bonchev–Trinajstić information content (AvgIpc) is 2.27. The molecule has 0 aliphatic rings. The maximum atomic E-state index is 11.5. The van der Waals surface area contributed by atoms with Crippen LogP contribution < -0.4 is 0 Å². The minimum absolute atomic E-state index is 0. The van der Waals surface area contributed by atoms with Gasteiger partial charge in [0.25, 0.3) is 0 Å². The summed E-state index contributed by atoms with van der Waals surface area (Å²) in [5, 5.41) is 0. The zero-order valence-electron chi connectivity index (χ0n) is 14.1.